The van der Waals surface area contributed by atoms with Crippen LogP contribution in [0, 0.1) is 6.92 Å². The highest BCUT2D eigenvalue weighted by atomic mass is 79.9. The van der Waals surface area contributed by atoms with Gasteiger partial charge in [0.05, 0.1) is 13.1 Å². The van der Waals surface area contributed by atoms with Crippen molar-refractivity contribution in [3.63, 3.8) is 0 Å². The summed E-state index contributed by atoms with van der Waals surface area (Å²) in [7, 11) is 0. The lowest BCUT2D eigenvalue weighted by Crippen LogP contribution is -2.27. The first-order chi connectivity index (χ1) is 9.13. The maximum atomic E-state index is 11.6. The van der Waals surface area contributed by atoms with Gasteiger partial charge in [-0.1, -0.05) is 21.1 Å². The van der Waals surface area contributed by atoms with Crippen LogP contribution >= 0.6 is 15.9 Å². The normalized spacial score (nSPS) is 10.4. The summed E-state index contributed by atoms with van der Waals surface area (Å²) in [5.74, 6) is 0.920. The number of carbonyl (C=O) groups excluding carboxylic acids is 1. The third-order valence-corrected chi connectivity index (χ3v) is 2.79. The molecule has 0 fully saturated rings. The second-order valence-corrected chi connectivity index (χ2v) is 4.81. The lowest BCUT2D eigenvalue weighted by molar-refractivity contribution is -0.115. The minimum atomic E-state index is -0.126. The van der Waals surface area contributed by atoms with E-state index < -0.39 is 0 Å². The Morgan fingerprint density at radius 2 is 2.11 bits per heavy atom. The molecular formula is C12H13BrN4O2. The van der Waals surface area contributed by atoms with Gasteiger partial charge in [-0.2, -0.15) is 4.98 Å². The standard InChI is InChI=1S/C12H13BrN4O2/c1-8-15-12(19-17-8)7-14-6-11(18)16-10-4-2-9(13)3-5-10/h2-5,14H,6-7H2,1H3,(H,16,18). The van der Waals surface area contributed by atoms with Gasteiger partial charge in [-0.3, -0.25) is 10.1 Å². The number of aromatic nitrogens is 2. The number of amides is 1. The molecule has 19 heavy (non-hydrogen) atoms. The van der Waals surface area contributed by atoms with Crippen molar-refractivity contribution >= 4 is 27.5 Å². The molecule has 0 unspecified atom stereocenters. The molecular weight excluding hydrogens is 312 g/mol. The van der Waals surface area contributed by atoms with Gasteiger partial charge >= 0.3 is 0 Å². The molecule has 0 aliphatic rings. The molecule has 1 aromatic carbocycles. The molecule has 1 amide bonds. The third-order valence-electron chi connectivity index (χ3n) is 2.26. The minimum absolute atomic E-state index is 0.126. The van der Waals surface area contributed by atoms with Crippen molar-refractivity contribution in [1.29, 1.82) is 0 Å². The van der Waals surface area contributed by atoms with Crippen molar-refractivity contribution in [2.45, 2.75) is 13.5 Å². The van der Waals surface area contributed by atoms with E-state index >= 15 is 0 Å². The van der Waals surface area contributed by atoms with Gasteiger partial charge in [-0.05, 0) is 31.2 Å². The van der Waals surface area contributed by atoms with Crippen molar-refractivity contribution in [3.8, 4) is 0 Å². The van der Waals surface area contributed by atoms with Crippen LogP contribution in [0.3, 0.4) is 0 Å². The second-order valence-electron chi connectivity index (χ2n) is 3.89. The van der Waals surface area contributed by atoms with Gasteiger partial charge in [0.2, 0.25) is 11.8 Å². The predicted molar refractivity (Wildman–Crippen MR) is 73.5 cm³/mol. The molecule has 100 valence electrons. The van der Waals surface area contributed by atoms with Crippen LogP contribution in [0.15, 0.2) is 33.3 Å². The van der Waals surface area contributed by atoms with Gasteiger partial charge in [0.1, 0.15) is 0 Å². The maximum Gasteiger partial charge on any atom is 0.240 e. The monoisotopic (exact) mass is 324 g/mol. The predicted octanol–water partition coefficient (Wildman–Crippen LogP) is 1.87. The first kappa shape index (κ1) is 13.7. The number of halogens is 1. The Labute approximate surface area is 118 Å². The Morgan fingerprint density at radius 3 is 2.74 bits per heavy atom. The first-order valence-electron chi connectivity index (χ1n) is 5.69. The number of rotatable bonds is 5. The molecule has 0 bridgehead atoms. The number of nitrogens with zero attached hydrogens (tertiary/aromatic N) is 2. The molecule has 7 heteroatoms. The number of hydrogen-bond acceptors (Lipinski definition) is 5. The van der Waals surface area contributed by atoms with E-state index in [0.29, 0.717) is 18.3 Å². The Hall–Kier alpha value is -1.73. The summed E-state index contributed by atoms with van der Waals surface area (Å²) in [5, 5.41) is 9.36. The Balaban J connectivity index is 1.74. The van der Waals surface area contributed by atoms with Crippen LogP contribution in [-0.2, 0) is 11.3 Å². The number of aryl methyl sites for hydroxylation is 1. The van der Waals surface area contributed by atoms with Crippen LogP contribution in [0.2, 0.25) is 0 Å². The van der Waals surface area contributed by atoms with E-state index in [-0.39, 0.29) is 12.5 Å². The molecule has 0 radical (unpaired) electrons. The van der Waals surface area contributed by atoms with E-state index in [1.165, 1.54) is 0 Å². The van der Waals surface area contributed by atoms with E-state index in [1.54, 1.807) is 6.92 Å². The van der Waals surface area contributed by atoms with E-state index in [9.17, 15) is 4.79 Å². The Bertz CT molecular complexity index is 553. The number of benzene rings is 1. The topological polar surface area (TPSA) is 80.0 Å². The smallest absolute Gasteiger partial charge is 0.240 e. The molecule has 0 aliphatic carbocycles. The molecule has 2 rings (SSSR count). The Morgan fingerprint density at radius 1 is 1.37 bits per heavy atom. The summed E-state index contributed by atoms with van der Waals surface area (Å²) < 4.78 is 5.88. The highest BCUT2D eigenvalue weighted by Gasteiger charge is 2.05. The van der Waals surface area contributed by atoms with E-state index in [2.05, 4.69) is 36.7 Å². The molecule has 2 aromatic rings. The molecule has 0 saturated carbocycles. The van der Waals surface area contributed by atoms with Crippen molar-refractivity contribution in [3.05, 3.63) is 40.5 Å². The number of anilines is 1. The summed E-state index contributed by atoms with van der Waals surface area (Å²) in [6.07, 6.45) is 0. The molecule has 0 spiro atoms. The van der Waals surface area contributed by atoms with Crippen molar-refractivity contribution in [2.24, 2.45) is 0 Å². The van der Waals surface area contributed by atoms with Gasteiger partial charge in [0, 0.05) is 10.2 Å². The fourth-order valence-corrected chi connectivity index (χ4v) is 1.70. The summed E-state index contributed by atoms with van der Waals surface area (Å²) in [5.41, 5.74) is 0.753. The zero-order valence-corrected chi connectivity index (χ0v) is 11.9. The van der Waals surface area contributed by atoms with Gasteiger partial charge in [-0.25, -0.2) is 0 Å². The molecule has 0 saturated heterocycles. The fourth-order valence-electron chi connectivity index (χ4n) is 1.43. The van der Waals surface area contributed by atoms with Crippen LogP contribution in [0.1, 0.15) is 11.7 Å². The summed E-state index contributed by atoms with van der Waals surface area (Å²) in [6.45, 7) is 2.29. The summed E-state index contributed by atoms with van der Waals surface area (Å²) in [6, 6.07) is 7.38. The highest BCUT2D eigenvalue weighted by molar-refractivity contribution is 9.10. The van der Waals surface area contributed by atoms with Crippen LogP contribution in [0.4, 0.5) is 5.69 Å². The number of nitrogens with one attached hydrogen (secondary N) is 2. The average Bonchev–Trinajstić information content (AvgIpc) is 2.78. The van der Waals surface area contributed by atoms with Crippen LogP contribution in [0.5, 0.6) is 0 Å². The minimum Gasteiger partial charge on any atom is -0.338 e. The Kier molecular flexibility index (Phi) is 4.64. The molecule has 0 atom stereocenters. The quantitative estimate of drug-likeness (QED) is 0.877. The first-order valence-corrected chi connectivity index (χ1v) is 6.48. The van der Waals surface area contributed by atoms with Gasteiger partial charge in [0.25, 0.3) is 0 Å². The van der Waals surface area contributed by atoms with Crippen LogP contribution in [0.25, 0.3) is 0 Å². The molecule has 2 N–H and O–H groups in total. The summed E-state index contributed by atoms with van der Waals surface area (Å²) in [4.78, 5) is 15.7. The van der Waals surface area contributed by atoms with Crippen molar-refractivity contribution < 1.29 is 9.32 Å². The summed E-state index contributed by atoms with van der Waals surface area (Å²) >= 11 is 3.33. The van der Waals surface area contributed by atoms with E-state index in [1.807, 2.05) is 24.3 Å². The zero-order valence-electron chi connectivity index (χ0n) is 10.3. The van der Waals surface area contributed by atoms with Gasteiger partial charge in [0.15, 0.2) is 5.82 Å². The zero-order chi connectivity index (χ0) is 13.7. The van der Waals surface area contributed by atoms with Crippen LogP contribution in [-0.4, -0.2) is 22.6 Å². The largest absolute Gasteiger partial charge is 0.338 e. The van der Waals surface area contributed by atoms with Crippen molar-refractivity contribution in [1.82, 2.24) is 15.5 Å². The maximum absolute atomic E-state index is 11.6. The molecule has 1 heterocycles. The molecule has 1 aromatic heterocycles. The van der Waals surface area contributed by atoms with E-state index in [0.717, 1.165) is 10.2 Å². The SMILES string of the molecule is Cc1noc(CNCC(=O)Nc2ccc(Br)cc2)n1. The van der Waals surface area contributed by atoms with Gasteiger partial charge < -0.3 is 9.84 Å². The van der Waals surface area contributed by atoms with Gasteiger partial charge in [-0.15, -0.1) is 0 Å². The number of hydrogen-bond donors (Lipinski definition) is 2. The lowest BCUT2D eigenvalue weighted by Gasteiger charge is -2.05. The van der Waals surface area contributed by atoms with E-state index in [4.69, 9.17) is 4.52 Å². The second kappa shape index (κ2) is 6.44. The van der Waals surface area contributed by atoms with Crippen LogP contribution < -0.4 is 10.6 Å². The number of carbonyl (C=O) groups is 1. The average molecular weight is 325 g/mol. The highest BCUT2D eigenvalue weighted by Crippen LogP contribution is 2.13. The molecule has 0 aliphatic heterocycles. The fraction of sp³-hybridized carbons (Fsp3) is 0.250. The lowest BCUT2D eigenvalue weighted by atomic mass is 10.3. The molecule has 6 nitrogen and oxygen atoms in total. The third kappa shape index (κ3) is 4.46. The van der Waals surface area contributed by atoms with Crippen molar-refractivity contribution in [2.75, 3.05) is 11.9 Å².